The van der Waals surface area contributed by atoms with E-state index in [4.69, 9.17) is 11.0 Å². The first-order valence-electron chi connectivity index (χ1n) is 4.59. The molecule has 6 nitrogen and oxygen atoms in total. The molecule has 0 bridgehead atoms. The van der Waals surface area contributed by atoms with Crippen molar-refractivity contribution in [3.8, 4) is 6.07 Å². The van der Waals surface area contributed by atoms with Gasteiger partial charge in [-0.3, -0.25) is 0 Å². The fraction of sp³-hybridized carbons (Fsp3) is 0. The van der Waals surface area contributed by atoms with Gasteiger partial charge in [-0.05, 0) is 12.1 Å². The summed E-state index contributed by atoms with van der Waals surface area (Å²) in [5.41, 5.74) is 7.26. The van der Waals surface area contributed by atoms with Gasteiger partial charge in [-0.25, -0.2) is 4.98 Å². The van der Waals surface area contributed by atoms with Crippen molar-refractivity contribution >= 4 is 22.5 Å². The van der Waals surface area contributed by atoms with Gasteiger partial charge in [0.25, 0.3) is 0 Å². The van der Waals surface area contributed by atoms with E-state index in [1.165, 1.54) is 10.8 Å². The zero-order valence-corrected chi connectivity index (χ0v) is 8.12. The van der Waals surface area contributed by atoms with Crippen molar-refractivity contribution in [2.24, 2.45) is 0 Å². The van der Waals surface area contributed by atoms with E-state index in [-0.39, 0.29) is 5.95 Å². The number of fused-ring (bicyclic) bond motifs is 3. The lowest BCUT2D eigenvalue weighted by molar-refractivity contribution is 0.940. The molecule has 0 aliphatic carbocycles. The van der Waals surface area contributed by atoms with Crippen LogP contribution in [0, 0.1) is 11.3 Å². The van der Waals surface area contributed by atoms with Crippen LogP contribution in [-0.4, -0.2) is 19.6 Å². The van der Waals surface area contributed by atoms with E-state index in [1.807, 2.05) is 6.07 Å². The van der Waals surface area contributed by atoms with Crippen LogP contribution in [0.15, 0.2) is 24.5 Å². The van der Waals surface area contributed by atoms with Crippen LogP contribution in [0.4, 0.5) is 5.95 Å². The number of rotatable bonds is 0. The molecule has 2 N–H and O–H groups in total. The number of nitrogens with two attached hydrogens (primary N) is 1. The standard InChI is InChI=1S/C10H6N6/c11-4-6-2-1-3-7-8(6)13-5-16-9(7)14-10(12)15-16/h1-3,5H,(H2,12,15). The Morgan fingerprint density at radius 3 is 3.06 bits per heavy atom. The molecular weight excluding hydrogens is 204 g/mol. The molecule has 0 radical (unpaired) electrons. The lowest BCUT2D eigenvalue weighted by Gasteiger charge is -1.99. The van der Waals surface area contributed by atoms with Gasteiger partial charge in [-0.15, -0.1) is 5.10 Å². The predicted octanol–water partition coefficient (Wildman–Crippen LogP) is 0.731. The van der Waals surface area contributed by atoms with Crippen molar-refractivity contribution in [3.05, 3.63) is 30.1 Å². The molecule has 0 saturated carbocycles. The van der Waals surface area contributed by atoms with Crippen molar-refractivity contribution in [1.29, 1.82) is 5.26 Å². The summed E-state index contributed by atoms with van der Waals surface area (Å²) in [6.07, 6.45) is 1.50. The number of benzene rings is 1. The van der Waals surface area contributed by atoms with E-state index in [0.29, 0.717) is 16.7 Å². The molecule has 0 fully saturated rings. The van der Waals surface area contributed by atoms with Crippen molar-refractivity contribution in [3.63, 3.8) is 0 Å². The molecule has 0 aliphatic heterocycles. The third kappa shape index (κ3) is 1.02. The summed E-state index contributed by atoms with van der Waals surface area (Å²) in [5, 5.41) is 13.7. The normalized spacial score (nSPS) is 10.7. The topological polar surface area (TPSA) is 92.9 Å². The van der Waals surface area contributed by atoms with Crippen LogP contribution in [0.25, 0.3) is 16.6 Å². The van der Waals surface area contributed by atoms with Crippen LogP contribution in [0.1, 0.15) is 5.56 Å². The Morgan fingerprint density at radius 2 is 2.25 bits per heavy atom. The molecule has 16 heavy (non-hydrogen) atoms. The zero-order valence-electron chi connectivity index (χ0n) is 8.12. The van der Waals surface area contributed by atoms with Gasteiger partial charge in [0.05, 0.1) is 11.1 Å². The van der Waals surface area contributed by atoms with Crippen molar-refractivity contribution in [2.75, 3.05) is 5.73 Å². The predicted molar refractivity (Wildman–Crippen MR) is 57.4 cm³/mol. The highest BCUT2D eigenvalue weighted by molar-refractivity contribution is 5.94. The van der Waals surface area contributed by atoms with Crippen LogP contribution >= 0.6 is 0 Å². The van der Waals surface area contributed by atoms with Crippen molar-refractivity contribution in [2.45, 2.75) is 0 Å². The van der Waals surface area contributed by atoms with Crippen LogP contribution in [0.5, 0.6) is 0 Å². The van der Waals surface area contributed by atoms with E-state index < -0.39 is 0 Å². The summed E-state index contributed by atoms with van der Waals surface area (Å²) in [5.74, 6) is 0.191. The van der Waals surface area contributed by atoms with E-state index in [9.17, 15) is 0 Å². The molecule has 0 amide bonds. The van der Waals surface area contributed by atoms with E-state index >= 15 is 0 Å². The molecule has 0 unspecified atom stereocenters. The molecule has 0 spiro atoms. The van der Waals surface area contributed by atoms with Crippen LogP contribution in [0.2, 0.25) is 0 Å². The van der Waals surface area contributed by atoms with Gasteiger partial charge in [0, 0.05) is 5.39 Å². The maximum atomic E-state index is 8.96. The zero-order chi connectivity index (χ0) is 11.1. The fourth-order valence-corrected chi connectivity index (χ4v) is 1.67. The largest absolute Gasteiger partial charge is 0.366 e. The summed E-state index contributed by atoms with van der Waals surface area (Å²) in [6, 6.07) is 7.43. The summed E-state index contributed by atoms with van der Waals surface area (Å²) in [4.78, 5) is 8.27. The Bertz CT molecular complexity index is 736. The third-order valence-corrected chi connectivity index (χ3v) is 2.34. The molecular formula is C10H6N6. The van der Waals surface area contributed by atoms with Crippen LogP contribution in [-0.2, 0) is 0 Å². The number of hydrogen-bond acceptors (Lipinski definition) is 5. The average molecular weight is 210 g/mol. The second kappa shape index (κ2) is 2.90. The molecule has 76 valence electrons. The minimum Gasteiger partial charge on any atom is -0.366 e. The summed E-state index contributed by atoms with van der Waals surface area (Å²) >= 11 is 0. The molecule has 2 heterocycles. The second-order valence-electron chi connectivity index (χ2n) is 3.30. The highest BCUT2D eigenvalue weighted by Gasteiger charge is 2.08. The van der Waals surface area contributed by atoms with Crippen molar-refractivity contribution in [1.82, 2.24) is 19.6 Å². The Balaban J connectivity index is 2.57. The molecule has 0 aliphatic rings. The van der Waals surface area contributed by atoms with E-state index in [0.717, 1.165) is 5.39 Å². The maximum Gasteiger partial charge on any atom is 0.240 e. The number of aromatic nitrogens is 4. The minimum atomic E-state index is 0.191. The first-order valence-corrected chi connectivity index (χ1v) is 4.59. The molecule has 6 heteroatoms. The number of hydrogen-bond donors (Lipinski definition) is 1. The van der Waals surface area contributed by atoms with Crippen LogP contribution in [0.3, 0.4) is 0 Å². The first kappa shape index (κ1) is 8.61. The summed E-state index contributed by atoms with van der Waals surface area (Å²) in [6.45, 7) is 0. The minimum absolute atomic E-state index is 0.191. The second-order valence-corrected chi connectivity index (χ2v) is 3.30. The Hall–Kier alpha value is -2.68. The van der Waals surface area contributed by atoms with Gasteiger partial charge in [0.2, 0.25) is 5.95 Å². The lowest BCUT2D eigenvalue weighted by Crippen LogP contribution is -1.93. The van der Waals surface area contributed by atoms with Crippen LogP contribution < -0.4 is 5.73 Å². The summed E-state index contributed by atoms with van der Waals surface area (Å²) < 4.78 is 1.50. The fourth-order valence-electron chi connectivity index (χ4n) is 1.67. The molecule has 1 aromatic carbocycles. The van der Waals surface area contributed by atoms with E-state index in [2.05, 4.69) is 21.1 Å². The van der Waals surface area contributed by atoms with E-state index in [1.54, 1.807) is 12.1 Å². The summed E-state index contributed by atoms with van der Waals surface area (Å²) in [7, 11) is 0. The number of anilines is 1. The number of nitrogen functional groups attached to an aromatic ring is 1. The SMILES string of the molecule is N#Cc1cccc2c1ncn1nc(N)nc21. The Kier molecular flexibility index (Phi) is 1.56. The molecule has 3 aromatic rings. The van der Waals surface area contributed by atoms with Gasteiger partial charge in [0.15, 0.2) is 5.65 Å². The van der Waals surface area contributed by atoms with Gasteiger partial charge < -0.3 is 5.73 Å². The maximum absolute atomic E-state index is 8.96. The first-order chi connectivity index (χ1) is 7.79. The Labute approximate surface area is 90.0 Å². The Morgan fingerprint density at radius 1 is 1.38 bits per heavy atom. The molecule has 3 rings (SSSR count). The molecule has 2 aromatic heterocycles. The van der Waals surface area contributed by atoms with Gasteiger partial charge >= 0.3 is 0 Å². The monoisotopic (exact) mass is 210 g/mol. The highest BCUT2D eigenvalue weighted by Crippen LogP contribution is 2.19. The smallest absolute Gasteiger partial charge is 0.240 e. The lowest BCUT2D eigenvalue weighted by atomic mass is 10.1. The highest BCUT2D eigenvalue weighted by atomic mass is 15.3. The number of para-hydroxylation sites is 1. The molecule has 0 saturated heterocycles. The van der Waals surface area contributed by atoms with Gasteiger partial charge in [-0.2, -0.15) is 14.8 Å². The molecule has 0 atom stereocenters. The third-order valence-electron chi connectivity index (χ3n) is 2.34. The van der Waals surface area contributed by atoms with Gasteiger partial charge in [-0.1, -0.05) is 6.07 Å². The van der Waals surface area contributed by atoms with Gasteiger partial charge in [0.1, 0.15) is 12.4 Å². The quantitative estimate of drug-likeness (QED) is 0.590. The average Bonchev–Trinajstić information content (AvgIpc) is 2.69. The van der Waals surface area contributed by atoms with Crippen molar-refractivity contribution < 1.29 is 0 Å². The number of nitrogens with zero attached hydrogens (tertiary/aromatic N) is 5. The number of nitriles is 1.